The van der Waals surface area contributed by atoms with Crippen molar-refractivity contribution >= 4 is 57.0 Å². The number of nitrogens with zero attached hydrogens (tertiary/aromatic N) is 5. The van der Waals surface area contributed by atoms with Gasteiger partial charge in [-0.05, 0) is 51.8 Å². The zero-order valence-electron chi connectivity index (χ0n) is 20.9. The van der Waals surface area contributed by atoms with Gasteiger partial charge in [0, 0.05) is 30.9 Å². The summed E-state index contributed by atoms with van der Waals surface area (Å²) in [4.78, 5) is 27.1. The van der Waals surface area contributed by atoms with E-state index in [1.54, 1.807) is 25.4 Å². The average Bonchev–Trinajstić information content (AvgIpc) is 3.48. The van der Waals surface area contributed by atoms with Crippen LogP contribution in [0.25, 0.3) is 21.9 Å². The van der Waals surface area contributed by atoms with E-state index < -0.39 is 11.7 Å². The standard InChI is InChI=1S/C26H27Cl2N5O4/c1-26(2,3)37-25(34)32(4)23-18-7-8-33(24(18)31-14-30-23)22-6-5-17(36-22)13-35-21-11-20-15(10-19(21)28)9-16(27)12-29-20/h7-12,14,17,22H,5-6,13H2,1-4H3. The number of ether oxygens (including phenoxy) is 3. The average molecular weight is 544 g/mol. The molecule has 0 aliphatic carbocycles. The Kier molecular flexibility index (Phi) is 6.87. The molecule has 0 radical (unpaired) electrons. The second-order valence-corrected chi connectivity index (χ2v) is 10.8. The number of amides is 1. The van der Waals surface area contributed by atoms with Crippen molar-refractivity contribution in [3.05, 3.63) is 53.0 Å². The number of rotatable bonds is 5. The van der Waals surface area contributed by atoms with Gasteiger partial charge >= 0.3 is 6.09 Å². The van der Waals surface area contributed by atoms with Gasteiger partial charge in [-0.15, -0.1) is 0 Å². The van der Waals surface area contributed by atoms with Crippen LogP contribution in [0.3, 0.4) is 0 Å². The fourth-order valence-electron chi connectivity index (χ4n) is 4.28. The number of pyridine rings is 1. The molecule has 1 fully saturated rings. The van der Waals surface area contributed by atoms with Gasteiger partial charge in [-0.25, -0.2) is 14.8 Å². The van der Waals surface area contributed by atoms with Crippen molar-refractivity contribution in [2.75, 3.05) is 18.6 Å². The maximum Gasteiger partial charge on any atom is 0.415 e. The van der Waals surface area contributed by atoms with Gasteiger partial charge in [-0.1, -0.05) is 23.2 Å². The number of hydrogen-bond acceptors (Lipinski definition) is 7. The Morgan fingerprint density at radius 1 is 1.19 bits per heavy atom. The fraction of sp³-hybridized carbons (Fsp3) is 0.385. The molecule has 1 saturated heterocycles. The predicted molar refractivity (Wildman–Crippen MR) is 143 cm³/mol. The molecule has 11 heteroatoms. The third kappa shape index (κ3) is 5.44. The first-order valence-corrected chi connectivity index (χ1v) is 12.7. The van der Waals surface area contributed by atoms with Crippen molar-refractivity contribution in [1.29, 1.82) is 0 Å². The first-order chi connectivity index (χ1) is 17.6. The van der Waals surface area contributed by atoms with Crippen molar-refractivity contribution in [2.24, 2.45) is 0 Å². The highest BCUT2D eigenvalue weighted by Gasteiger charge is 2.30. The number of carbonyl (C=O) groups is 1. The van der Waals surface area contributed by atoms with E-state index in [0.29, 0.717) is 33.9 Å². The van der Waals surface area contributed by atoms with Gasteiger partial charge in [-0.2, -0.15) is 0 Å². The third-order valence-corrected chi connectivity index (χ3v) is 6.50. The van der Waals surface area contributed by atoms with E-state index in [-0.39, 0.29) is 12.3 Å². The molecule has 4 heterocycles. The highest BCUT2D eigenvalue weighted by Crippen LogP contribution is 2.35. The molecule has 5 rings (SSSR count). The van der Waals surface area contributed by atoms with Gasteiger partial charge in [0.05, 0.1) is 27.1 Å². The zero-order chi connectivity index (χ0) is 26.3. The third-order valence-electron chi connectivity index (χ3n) is 5.99. The van der Waals surface area contributed by atoms with E-state index in [1.807, 2.05) is 43.7 Å². The summed E-state index contributed by atoms with van der Waals surface area (Å²) in [6, 6.07) is 7.29. The van der Waals surface area contributed by atoms with E-state index >= 15 is 0 Å². The van der Waals surface area contributed by atoms with Gasteiger partial charge in [-0.3, -0.25) is 9.88 Å². The van der Waals surface area contributed by atoms with Crippen LogP contribution >= 0.6 is 23.2 Å². The molecule has 0 spiro atoms. The summed E-state index contributed by atoms with van der Waals surface area (Å²) >= 11 is 12.4. The van der Waals surface area contributed by atoms with E-state index in [4.69, 9.17) is 37.4 Å². The number of fused-ring (bicyclic) bond motifs is 2. The summed E-state index contributed by atoms with van der Waals surface area (Å²) in [6.45, 7) is 5.81. The lowest BCUT2D eigenvalue weighted by atomic mass is 10.2. The Labute approximate surface area is 224 Å². The molecule has 1 amide bonds. The molecule has 0 N–H and O–H groups in total. The molecule has 194 valence electrons. The van der Waals surface area contributed by atoms with Gasteiger partial charge in [0.1, 0.15) is 36.2 Å². The van der Waals surface area contributed by atoms with Crippen molar-refractivity contribution in [3.8, 4) is 5.75 Å². The van der Waals surface area contributed by atoms with E-state index in [9.17, 15) is 4.79 Å². The Hall–Kier alpha value is -3.14. The van der Waals surface area contributed by atoms with Crippen LogP contribution < -0.4 is 9.64 Å². The van der Waals surface area contributed by atoms with Crippen LogP contribution in [0, 0.1) is 0 Å². The Morgan fingerprint density at radius 2 is 2.00 bits per heavy atom. The van der Waals surface area contributed by atoms with Crippen LogP contribution in [0.1, 0.15) is 39.8 Å². The molecule has 2 unspecified atom stereocenters. The highest BCUT2D eigenvalue weighted by atomic mass is 35.5. The molecule has 1 aliphatic rings. The maximum absolute atomic E-state index is 12.6. The Morgan fingerprint density at radius 3 is 2.78 bits per heavy atom. The second kappa shape index (κ2) is 9.96. The van der Waals surface area contributed by atoms with Crippen molar-refractivity contribution < 1.29 is 19.0 Å². The topological polar surface area (TPSA) is 91.6 Å². The molecule has 9 nitrogen and oxygen atoms in total. The summed E-state index contributed by atoms with van der Waals surface area (Å²) in [5.74, 6) is 1.02. The number of anilines is 1. The smallest absolute Gasteiger partial charge is 0.415 e. The zero-order valence-corrected chi connectivity index (χ0v) is 22.5. The number of hydrogen-bond donors (Lipinski definition) is 0. The minimum Gasteiger partial charge on any atom is -0.489 e. The minimum absolute atomic E-state index is 0.127. The number of carbonyl (C=O) groups excluding carboxylic acids is 1. The van der Waals surface area contributed by atoms with Crippen LogP contribution in [0.5, 0.6) is 5.75 Å². The minimum atomic E-state index is -0.612. The van der Waals surface area contributed by atoms with Gasteiger partial charge < -0.3 is 18.8 Å². The summed E-state index contributed by atoms with van der Waals surface area (Å²) in [5.41, 5.74) is 0.813. The lowest BCUT2D eigenvalue weighted by Crippen LogP contribution is -2.34. The summed E-state index contributed by atoms with van der Waals surface area (Å²) < 4.78 is 19.7. The number of halogens is 2. The molecule has 4 aromatic rings. The van der Waals surface area contributed by atoms with Crippen LogP contribution in [0.2, 0.25) is 10.0 Å². The summed E-state index contributed by atoms with van der Waals surface area (Å²) in [5, 5.41) is 2.62. The van der Waals surface area contributed by atoms with E-state index in [1.165, 1.54) is 11.2 Å². The summed E-state index contributed by atoms with van der Waals surface area (Å²) in [6.07, 6.45) is 5.68. The SMILES string of the molecule is CN(C(=O)OC(C)(C)C)c1ncnc2c1ccn2C1CCC(COc2cc3ncc(Cl)cc3cc2Cl)O1. The molecule has 0 bridgehead atoms. The number of aromatic nitrogens is 4. The molecular formula is C26H27Cl2N5O4. The second-order valence-electron chi connectivity index (χ2n) is 9.93. The predicted octanol–water partition coefficient (Wildman–Crippen LogP) is 6.41. The van der Waals surface area contributed by atoms with Crippen molar-refractivity contribution in [2.45, 2.75) is 51.5 Å². The molecule has 3 aromatic heterocycles. The van der Waals surface area contributed by atoms with Gasteiger partial charge in [0.25, 0.3) is 0 Å². The largest absolute Gasteiger partial charge is 0.489 e. The molecule has 1 aromatic carbocycles. The van der Waals surface area contributed by atoms with Crippen LogP contribution in [-0.4, -0.2) is 51.0 Å². The first kappa shape index (κ1) is 25.5. The lowest BCUT2D eigenvalue weighted by molar-refractivity contribution is -0.0155. The van der Waals surface area contributed by atoms with Gasteiger partial charge in [0.2, 0.25) is 0 Å². The molecule has 1 aliphatic heterocycles. The van der Waals surface area contributed by atoms with Crippen LogP contribution in [0.15, 0.2) is 43.0 Å². The Balaban J connectivity index is 1.28. The molecule has 37 heavy (non-hydrogen) atoms. The molecule has 2 atom stereocenters. The monoisotopic (exact) mass is 543 g/mol. The lowest BCUT2D eigenvalue weighted by Gasteiger charge is -2.24. The van der Waals surface area contributed by atoms with Crippen molar-refractivity contribution in [3.63, 3.8) is 0 Å². The fourth-order valence-corrected chi connectivity index (χ4v) is 4.68. The molecule has 0 saturated carbocycles. The Bertz CT molecular complexity index is 1470. The maximum atomic E-state index is 12.6. The highest BCUT2D eigenvalue weighted by molar-refractivity contribution is 6.33. The number of benzene rings is 1. The van der Waals surface area contributed by atoms with E-state index in [2.05, 4.69) is 15.0 Å². The van der Waals surface area contributed by atoms with Crippen LogP contribution in [-0.2, 0) is 9.47 Å². The van der Waals surface area contributed by atoms with E-state index in [0.717, 1.165) is 29.1 Å². The normalized spacial score (nSPS) is 17.9. The van der Waals surface area contributed by atoms with Crippen LogP contribution in [0.4, 0.5) is 10.6 Å². The van der Waals surface area contributed by atoms with Gasteiger partial charge in [0.15, 0.2) is 5.82 Å². The first-order valence-electron chi connectivity index (χ1n) is 11.9. The quantitative estimate of drug-likeness (QED) is 0.287. The summed E-state index contributed by atoms with van der Waals surface area (Å²) in [7, 11) is 1.63. The molecular weight excluding hydrogens is 517 g/mol. The van der Waals surface area contributed by atoms with Crippen molar-refractivity contribution in [1.82, 2.24) is 19.5 Å².